The summed E-state index contributed by atoms with van der Waals surface area (Å²) in [7, 11) is 0. The second-order valence-corrected chi connectivity index (χ2v) is 5.95. The molecule has 1 aromatic heterocycles. The molecule has 0 aromatic carbocycles. The maximum atomic E-state index is 12.6. The predicted octanol–water partition coefficient (Wildman–Crippen LogP) is 0.513. The maximum Gasteiger partial charge on any atom is 0.225 e. The molecule has 1 N–H and O–H groups in total. The van der Waals surface area contributed by atoms with Crippen LogP contribution in [0.3, 0.4) is 0 Å². The van der Waals surface area contributed by atoms with Gasteiger partial charge in [-0.3, -0.25) is 9.78 Å². The molecule has 6 heteroatoms. The van der Waals surface area contributed by atoms with Gasteiger partial charge in [-0.05, 0) is 26.3 Å². The van der Waals surface area contributed by atoms with Crippen molar-refractivity contribution in [2.24, 2.45) is 5.92 Å². The molecule has 2 aliphatic heterocycles. The normalized spacial score (nSPS) is 26.7. The van der Waals surface area contributed by atoms with Crippen LogP contribution in [0.5, 0.6) is 0 Å². The molecule has 0 radical (unpaired) electrons. The Kier molecular flexibility index (Phi) is 4.34. The lowest BCUT2D eigenvalue weighted by atomic mass is 9.92. The number of piperidine rings is 1. The number of piperazine rings is 1. The number of nitrogens with one attached hydrogen (secondary N) is 1. The fourth-order valence-corrected chi connectivity index (χ4v) is 3.22. The summed E-state index contributed by atoms with van der Waals surface area (Å²) in [6, 6.07) is 0.452. The number of carbonyl (C=O) groups excluding carboxylic acids is 1. The van der Waals surface area contributed by atoms with Gasteiger partial charge in [-0.1, -0.05) is 0 Å². The molecule has 114 valence electrons. The van der Waals surface area contributed by atoms with Crippen LogP contribution in [-0.4, -0.2) is 59.5 Å². The second-order valence-electron chi connectivity index (χ2n) is 5.95. The number of amides is 1. The first-order chi connectivity index (χ1) is 10.2. The smallest absolute Gasteiger partial charge is 0.225 e. The molecule has 0 aliphatic carbocycles. The van der Waals surface area contributed by atoms with Crippen molar-refractivity contribution in [2.75, 3.05) is 37.6 Å². The molecule has 1 aromatic rings. The fourth-order valence-electron chi connectivity index (χ4n) is 3.22. The third kappa shape index (κ3) is 3.32. The van der Waals surface area contributed by atoms with Gasteiger partial charge in [-0.25, -0.2) is 4.98 Å². The first-order valence-corrected chi connectivity index (χ1v) is 7.77. The average molecular weight is 289 g/mol. The zero-order valence-corrected chi connectivity index (χ0v) is 12.5. The van der Waals surface area contributed by atoms with E-state index in [-0.39, 0.29) is 5.92 Å². The summed E-state index contributed by atoms with van der Waals surface area (Å²) in [5, 5.41) is 3.40. The molecule has 2 saturated heterocycles. The summed E-state index contributed by atoms with van der Waals surface area (Å²) in [6.45, 7) is 6.36. The molecule has 6 nitrogen and oxygen atoms in total. The molecule has 1 amide bonds. The Bertz CT molecular complexity index is 472. The molecule has 2 atom stereocenters. The summed E-state index contributed by atoms with van der Waals surface area (Å²) in [5.74, 6) is 1.44. The van der Waals surface area contributed by atoms with Gasteiger partial charge in [0.15, 0.2) is 0 Å². The summed E-state index contributed by atoms with van der Waals surface area (Å²) >= 11 is 0. The van der Waals surface area contributed by atoms with Gasteiger partial charge in [-0.2, -0.15) is 0 Å². The highest BCUT2D eigenvalue weighted by Gasteiger charge is 2.30. The van der Waals surface area contributed by atoms with Crippen LogP contribution in [0.4, 0.5) is 5.82 Å². The maximum absolute atomic E-state index is 12.6. The highest BCUT2D eigenvalue weighted by molar-refractivity contribution is 5.79. The largest absolute Gasteiger partial charge is 0.352 e. The standard InChI is InChI=1S/C15H23N5O/c1-12-10-13(2-3-17-12)15(21)20-8-6-19(7-9-20)14-11-16-4-5-18-14/h4-5,11-13,17H,2-3,6-10H2,1H3. The Morgan fingerprint density at radius 3 is 2.76 bits per heavy atom. The van der Waals surface area contributed by atoms with Gasteiger partial charge in [0.25, 0.3) is 0 Å². The number of aromatic nitrogens is 2. The average Bonchev–Trinajstić information content (AvgIpc) is 2.55. The molecule has 2 fully saturated rings. The molecule has 0 bridgehead atoms. The zero-order valence-electron chi connectivity index (χ0n) is 12.5. The fraction of sp³-hybridized carbons (Fsp3) is 0.667. The molecule has 0 saturated carbocycles. The number of carbonyl (C=O) groups is 1. The van der Waals surface area contributed by atoms with Crippen molar-refractivity contribution >= 4 is 11.7 Å². The van der Waals surface area contributed by atoms with Crippen LogP contribution in [0.15, 0.2) is 18.6 Å². The lowest BCUT2D eigenvalue weighted by Crippen LogP contribution is -2.52. The molecular weight excluding hydrogens is 266 g/mol. The minimum absolute atomic E-state index is 0.198. The van der Waals surface area contributed by atoms with Crippen molar-refractivity contribution < 1.29 is 4.79 Å². The minimum atomic E-state index is 0.198. The van der Waals surface area contributed by atoms with Crippen molar-refractivity contribution in [1.29, 1.82) is 0 Å². The Hall–Kier alpha value is -1.69. The quantitative estimate of drug-likeness (QED) is 0.860. The van der Waals surface area contributed by atoms with E-state index in [0.717, 1.165) is 51.4 Å². The van der Waals surface area contributed by atoms with E-state index in [1.54, 1.807) is 18.6 Å². The van der Waals surface area contributed by atoms with E-state index in [1.807, 2.05) is 4.90 Å². The van der Waals surface area contributed by atoms with Gasteiger partial charge < -0.3 is 15.1 Å². The van der Waals surface area contributed by atoms with Crippen LogP contribution in [-0.2, 0) is 4.79 Å². The van der Waals surface area contributed by atoms with Crippen molar-refractivity contribution in [1.82, 2.24) is 20.2 Å². The monoisotopic (exact) mass is 289 g/mol. The van der Waals surface area contributed by atoms with Gasteiger partial charge in [0, 0.05) is 50.5 Å². The molecule has 3 heterocycles. The molecular formula is C15H23N5O. The summed E-state index contributed by atoms with van der Waals surface area (Å²) < 4.78 is 0. The highest BCUT2D eigenvalue weighted by Crippen LogP contribution is 2.20. The molecule has 2 aliphatic rings. The summed E-state index contributed by atoms with van der Waals surface area (Å²) in [5.41, 5.74) is 0. The lowest BCUT2D eigenvalue weighted by molar-refractivity contribution is -0.137. The highest BCUT2D eigenvalue weighted by atomic mass is 16.2. The van der Waals surface area contributed by atoms with Crippen LogP contribution < -0.4 is 10.2 Å². The van der Waals surface area contributed by atoms with Crippen molar-refractivity contribution in [3.05, 3.63) is 18.6 Å². The van der Waals surface area contributed by atoms with E-state index < -0.39 is 0 Å². The van der Waals surface area contributed by atoms with Crippen LogP contribution >= 0.6 is 0 Å². The zero-order chi connectivity index (χ0) is 14.7. The number of anilines is 1. The van der Waals surface area contributed by atoms with Crippen molar-refractivity contribution in [2.45, 2.75) is 25.8 Å². The van der Waals surface area contributed by atoms with Crippen molar-refractivity contribution in [3.8, 4) is 0 Å². The number of hydrogen-bond donors (Lipinski definition) is 1. The van der Waals surface area contributed by atoms with Crippen molar-refractivity contribution in [3.63, 3.8) is 0 Å². The van der Waals surface area contributed by atoms with Gasteiger partial charge >= 0.3 is 0 Å². The Morgan fingerprint density at radius 2 is 2.10 bits per heavy atom. The lowest BCUT2D eigenvalue weighted by Gasteiger charge is -2.38. The Balaban J connectivity index is 1.54. The Labute approximate surface area is 125 Å². The third-order valence-electron chi connectivity index (χ3n) is 4.44. The molecule has 2 unspecified atom stereocenters. The van der Waals surface area contributed by atoms with Crippen LogP contribution in [0.25, 0.3) is 0 Å². The third-order valence-corrected chi connectivity index (χ3v) is 4.44. The van der Waals surface area contributed by atoms with E-state index in [2.05, 4.69) is 27.1 Å². The van der Waals surface area contributed by atoms with E-state index >= 15 is 0 Å². The minimum Gasteiger partial charge on any atom is -0.352 e. The second kappa shape index (κ2) is 6.39. The van der Waals surface area contributed by atoms with Gasteiger partial charge in [0.1, 0.15) is 5.82 Å². The van der Waals surface area contributed by atoms with E-state index in [1.165, 1.54) is 0 Å². The number of hydrogen-bond acceptors (Lipinski definition) is 5. The summed E-state index contributed by atoms with van der Waals surface area (Å²) in [6.07, 6.45) is 7.10. The first-order valence-electron chi connectivity index (χ1n) is 7.77. The van der Waals surface area contributed by atoms with Crippen LogP contribution in [0, 0.1) is 5.92 Å². The SMILES string of the molecule is CC1CC(C(=O)N2CCN(c3cnccn3)CC2)CCN1. The number of nitrogens with zero attached hydrogens (tertiary/aromatic N) is 4. The number of rotatable bonds is 2. The van der Waals surface area contributed by atoms with Crippen LogP contribution in [0.1, 0.15) is 19.8 Å². The van der Waals surface area contributed by atoms with Gasteiger partial charge in [0.05, 0.1) is 6.20 Å². The van der Waals surface area contributed by atoms with Gasteiger partial charge in [-0.15, -0.1) is 0 Å². The van der Waals surface area contributed by atoms with Crippen LogP contribution in [0.2, 0.25) is 0 Å². The molecule has 0 spiro atoms. The molecule has 21 heavy (non-hydrogen) atoms. The predicted molar refractivity (Wildman–Crippen MR) is 81.0 cm³/mol. The Morgan fingerprint density at radius 1 is 1.29 bits per heavy atom. The van der Waals surface area contributed by atoms with Gasteiger partial charge in [0.2, 0.25) is 5.91 Å². The molecule has 3 rings (SSSR count). The summed E-state index contributed by atoms with van der Waals surface area (Å²) in [4.78, 5) is 25.2. The van der Waals surface area contributed by atoms with E-state index in [9.17, 15) is 4.79 Å². The first kappa shape index (κ1) is 14.3. The van der Waals surface area contributed by atoms with E-state index in [0.29, 0.717) is 11.9 Å². The topological polar surface area (TPSA) is 61.4 Å². The van der Waals surface area contributed by atoms with E-state index in [4.69, 9.17) is 0 Å².